The van der Waals surface area contributed by atoms with Gasteiger partial charge in [-0.25, -0.2) is 0 Å². The van der Waals surface area contributed by atoms with Crippen LogP contribution in [0, 0.1) is 0 Å². The summed E-state index contributed by atoms with van der Waals surface area (Å²) in [4.78, 5) is 2.43. The molecule has 3 aromatic rings. The number of hydrogen-bond donors (Lipinski definition) is 1. The number of piperidine rings is 1. The molecule has 2 N–H and O–H groups in total. The molecule has 1 saturated heterocycles. The molecule has 1 fully saturated rings. The summed E-state index contributed by atoms with van der Waals surface area (Å²) in [5.41, 5.74) is 8.48. The lowest BCUT2D eigenvalue weighted by Gasteiger charge is -2.32. The molecule has 1 aliphatic rings. The van der Waals surface area contributed by atoms with Gasteiger partial charge in [-0.2, -0.15) is 0 Å². The minimum absolute atomic E-state index is 0.362. The second kappa shape index (κ2) is 7.16. The van der Waals surface area contributed by atoms with Crippen molar-refractivity contribution in [3.63, 3.8) is 0 Å². The van der Waals surface area contributed by atoms with Crippen LogP contribution in [0.25, 0.3) is 10.8 Å². The molecular formula is C22H24N2O. The van der Waals surface area contributed by atoms with E-state index in [0.717, 1.165) is 31.7 Å². The number of ether oxygens (including phenoxy) is 1. The van der Waals surface area contributed by atoms with E-state index >= 15 is 0 Å². The first-order chi connectivity index (χ1) is 12.3. The Balaban J connectivity index is 1.49. The average molecular weight is 332 g/mol. The Morgan fingerprint density at radius 1 is 0.880 bits per heavy atom. The SMILES string of the molecule is NC1CCN(c2ccc3cc(OCc4ccccc4)ccc3c2)CC1. The normalized spacial score (nSPS) is 15.5. The first kappa shape index (κ1) is 16.0. The maximum Gasteiger partial charge on any atom is 0.120 e. The van der Waals surface area contributed by atoms with Crippen LogP contribution in [0.3, 0.4) is 0 Å². The van der Waals surface area contributed by atoms with Gasteiger partial charge in [-0.1, -0.05) is 42.5 Å². The molecule has 0 aromatic heterocycles. The van der Waals surface area contributed by atoms with Crippen molar-refractivity contribution in [3.05, 3.63) is 72.3 Å². The maximum absolute atomic E-state index is 6.01. The fraction of sp³-hybridized carbons (Fsp3) is 0.273. The number of benzene rings is 3. The first-order valence-corrected chi connectivity index (χ1v) is 8.99. The number of anilines is 1. The van der Waals surface area contributed by atoms with Crippen LogP contribution in [0.4, 0.5) is 5.69 Å². The van der Waals surface area contributed by atoms with E-state index < -0.39 is 0 Å². The zero-order chi connectivity index (χ0) is 17.1. The molecule has 0 saturated carbocycles. The number of rotatable bonds is 4. The van der Waals surface area contributed by atoms with Gasteiger partial charge < -0.3 is 15.4 Å². The second-order valence-electron chi connectivity index (χ2n) is 6.79. The molecule has 4 rings (SSSR count). The highest BCUT2D eigenvalue weighted by molar-refractivity contribution is 5.87. The Bertz CT molecular complexity index is 839. The Labute approximate surface area is 149 Å². The molecule has 0 radical (unpaired) electrons. The second-order valence-corrected chi connectivity index (χ2v) is 6.79. The molecule has 128 valence electrons. The number of nitrogens with zero attached hydrogens (tertiary/aromatic N) is 1. The summed E-state index contributed by atoms with van der Waals surface area (Å²) in [6.07, 6.45) is 2.15. The monoisotopic (exact) mass is 332 g/mol. The minimum Gasteiger partial charge on any atom is -0.489 e. The van der Waals surface area contributed by atoms with E-state index in [0.29, 0.717) is 12.6 Å². The summed E-state index contributed by atoms with van der Waals surface area (Å²) in [6, 6.07) is 23.6. The highest BCUT2D eigenvalue weighted by Gasteiger charge is 2.16. The summed E-state index contributed by atoms with van der Waals surface area (Å²) in [5, 5.41) is 2.46. The van der Waals surface area contributed by atoms with E-state index in [4.69, 9.17) is 10.5 Å². The van der Waals surface area contributed by atoms with Gasteiger partial charge in [0.25, 0.3) is 0 Å². The molecular weight excluding hydrogens is 308 g/mol. The largest absolute Gasteiger partial charge is 0.489 e. The third kappa shape index (κ3) is 3.77. The molecule has 0 atom stereocenters. The maximum atomic E-state index is 6.01. The van der Waals surface area contributed by atoms with Gasteiger partial charge in [0.05, 0.1) is 0 Å². The predicted molar refractivity (Wildman–Crippen MR) is 104 cm³/mol. The quantitative estimate of drug-likeness (QED) is 0.772. The highest BCUT2D eigenvalue weighted by Crippen LogP contribution is 2.27. The average Bonchev–Trinajstić information content (AvgIpc) is 2.67. The number of nitrogens with two attached hydrogens (primary N) is 1. The molecule has 0 amide bonds. The third-order valence-corrected chi connectivity index (χ3v) is 4.95. The van der Waals surface area contributed by atoms with Crippen molar-refractivity contribution in [2.45, 2.75) is 25.5 Å². The first-order valence-electron chi connectivity index (χ1n) is 8.99. The van der Waals surface area contributed by atoms with E-state index in [-0.39, 0.29) is 0 Å². The Hall–Kier alpha value is -2.52. The van der Waals surface area contributed by atoms with Crippen LogP contribution in [-0.2, 0) is 6.61 Å². The zero-order valence-corrected chi connectivity index (χ0v) is 14.4. The lowest BCUT2D eigenvalue weighted by atomic mass is 10.0. The highest BCUT2D eigenvalue weighted by atomic mass is 16.5. The summed E-state index contributed by atoms with van der Waals surface area (Å²) in [5.74, 6) is 0.910. The van der Waals surface area contributed by atoms with Crippen LogP contribution in [0.5, 0.6) is 5.75 Å². The lowest BCUT2D eigenvalue weighted by Crippen LogP contribution is -2.39. The van der Waals surface area contributed by atoms with Crippen molar-refractivity contribution >= 4 is 16.5 Å². The van der Waals surface area contributed by atoms with E-state index in [9.17, 15) is 0 Å². The van der Waals surface area contributed by atoms with Crippen LogP contribution in [-0.4, -0.2) is 19.1 Å². The van der Waals surface area contributed by atoms with Crippen molar-refractivity contribution in [1.82, 2.24) is 0 Å². The van der Waals surface area contributed by atoms with Crippen molar-refractivity contribution in [3.8, 4) is 5.75 Å². The Morgan fingerprint density at radius 2 is 1.60 bits per heavy atom. The van der Waals surface area contributed by atoms with Crippen LogP contribution in [0.2, 0.25) is 0 Å². The molecule has 1 aliphatic heterocycles. The van der Waals surface area contributed by atoms with E-state index in [1.54, 1.807) is 0 Å². The van der Waals surface area contributed by atoms with E-state index in [2.05, 4.69) is 53.4 Å². The van der Waals surface area contributed by atoms with Crippen LogP contribution < -0.4 is 15.4 Å². The topological polar surface area (TPSA) is 38.5 Å². The zero-order valence-electron chi connectivity index (χ0n) is 14.4. The third-order valence-electron chi connectivity index (χ3n) is 4.95. The molecule has 0 bridgehead atoms. The molecule has 0 unspecified atom stereocenters. The van der Waals surface area contributed by atoms with Gasteiger partial charge in [-0.05, 0) is 53.4 Å². The van der Waals surface area contributed by atoms with Crippen LogP contribution >= 0.6 is 0 Å². The van der Waals surface area contributed by atoms with Gasteiger partial charge >= 0.3 is 0 Å². The van der Waals surface area contributed by atoms with Gasteiger partial charge in [0, 0.05) is 24.8 Å². The van der Waals surface area contributed by atoms with Crippen molar-refractivity contribution < 1.29 is 4.74 Å². The summed E-state index contributed by atoms with van der Waals surface area (Å²) < 4.78 is 5.93. The fourth-order valence-corrected chi connectivity index (χ4v) is 3.40. The number of hydrogen-bond acceptors (Lipinski definition) is 3. The standard InChI is InChI=1S/C22H24N2O/c23-20-10-12-24(13-11-20)21-8-6-19-15-22(9-7-18(19)14-21)25-16-17-4-2-1-3-5-17/h1-9,14-15,20H,10-13,16,23H2. The molecule has 1 heterocycles. The summed E-state index contributed by atoms with van der Waals surface area (Å²) in [6.45, 7) is 2.69. The lowest BCUT2D eigenvalue weighted by molar-refractivity contribution is 0.306. The van der Waals surface area contributed by atoms with E-state index in [1.165, 1.54) is 22.0 Å². The van der Waals surface area contributed by atoms with Gasteiger partial charge in [0.1, 0.15) is 12.4 Å². The molecule has 3 aromatic carbocycles. The molecule has 3 heteroatoms. The minimum atomic E-state index is 0.362. The Morgan fingerprint density at radius 3 is 2.40 bits per heavy atom. The smallest absolute Gasteiger partial charge is 0.120 e. The van der Waals surface area contributed by atoms with Crippen molar-refractivity contribution in [2.75, 3.05) is 18.0 Å². The number of fused-ring (bicyclic) bond motifs is 1. The molecule has 0 aliphatic carbocycles. The molecule has 3 nitrogen and oxygen atoms in total. The molecule has 25 heavy (non-hydrogen) atoms. The van der Waals surface area contributed by atoms with Crippen LogP contribution in [0.1, 0.15) is 18.4 Å². The van der Waals surface area contributed by atoms with Crippen molar-refractivity contribution in [2.24, 2.45) is 5.73 Å². The van der Waals surface area contributed by atoms with Crippen LogP contribution in [0.15, 0.2) is 66.7 Å². The summed E-state index contributed by atoms with van der Waals surface area (Å²) >= 11 is 0. The Kier molecular flexibility index (Phi) is 4.57. The van der Waals surface area contributed by atoms with E-state index in [1.807, 2.05) is 18.2 Å². The van der Waals surface area contributed by atoms with Gasteiger partial charge in [-0.15, -0.1) is 0 Å². The van der Waals surface area contributed by atoms with Gasteiger partial charge in [-0.3, -0.25) is 0 Å². The van der Waals surface area contributed by atoms with Crippen molar-refractivity contribution in [1.29, 1.82) is 0 Å². The predicted octanol–water partition coefficient (Wildman–Crippen LogP) is 4.35. The van der Waals surface area contributed by atoms with Gasteiger partial charge in [0.15, 0.2) is 0 Å². The van der Waals surface area contributed by atoms with Gasteiger partial charge in [0.2, 0.25) is 0 Å². The fourth-order valence-electron chi connectivity index (χ4n) is 3.40. The summed E-state index contributed by atoms with van der Waals surface area (Å²) in [7, 11) is 0. The molecule has 0 spiro atoms.